The first kappa shape index (κ1) is 14.0. The van der Waals surface area contributed by atoms with Crippen molar-refractivity contribution in [1.82, 2.24) is 20.2 Å². The van der Waals surface area contributed by atoms with E-state index in [-0.39, 0.29) is 0 Å². The lowest BCUT2D eigenvalue weighted by atomic mass is 10.1. The van der Waals surface area contributed by atoms with Gasteiger partial charge in [0.05, 0.1) is 10.6 Å². The monoisotopic (exact) mass is 337 g/mol. The molecule has 1 aromatic carbocycles. The molecule has 0 atom stereocenters. The fourth-order valence-electron chi connectivity index (χ4n) is 2.08. The maximum absolute atomic E-state index is 4.32. The number of thiophene rings is 1. The van der Waals surface area contributed by atoms with Crippen molar-refractivity contribution >= 4 is 33.6 Å². The van der Waals surface area contributed by atoms with E-state index >= 15 is 0 Å². The van der Waals surface area contributed by atoms with Crippen LogP contribution in [0, 0.1) is 0 Å². The van der Waals surface area contributed by atoms with E-state index in [4.69, 9.17) is 0 Å². The van der Waals surface area contributed by atoms with Crippen LogP contribution >= 0.6 is 22.7 Å². The van der Waals surface area contributed by atoms with Crippen molar-refractivity contribution in [2.75, 3.05) is 5.32 Å². The lowest BCUT2D eigenvalue weighted by molar-refractivity contribution is 1.09. The number of rotatable bonds is 4. The Morgan fingerprint density at radius 2 is 1.83 bits per heavy atom. The summed E-state index contributed by atoms with van der Waals surface area (Å²) in [6, 6.07) is 15.9. The number of nitrogens with one attached hydrogen (secondary N) is 1. The zero-order chi connectivity index (χ0) is 15.5. The first-order valence-corrected chi connectivity index (χ1v) is 8.60. The minimum absolute atomic E-state index is 0.702. The zero-order valence-electron chi connectivity index (χ0n) is 11.9. The summed E-state index contributed by atoms with van der Waals surface area (Å²) in [6.45, 7) is 0. The van der Waals surface area contributed by atoms with Crippen molar-refractivity contribution in [3.63, 3.8) is 0 Å². The molecule has 0 radical (unpaired) electrons. The third kappa shape index (κ3) is 3.10. The smallest absolute Gasteiger partial charge is 0.211 e. The molecule has 112 valence electrons. The lowest BCUT2D eigenvalue weighted by Crippen LogP contribution is -1.95. The van der Waals surface area contributed by atoms with Crippen LogP contribution in [-0.4, -0.2) is 20.2 Å². The van der Waals surface area contributed by atoms with Crippen LogP contribution in [0.4, 0.5) is 10.9 Å². The normalized spacial score (nSPS) is 10.6. The van der Waals surface area contributed by atoms with Gasteiger partial charge in [0.2, 0.25) is 5.13 Å². The maximum atomic E-state index is 4.32. The summed E-state index contributed by atoms with van der Waals surface area (Å²) in [5.74, 6) is 0.702. The van der Waals surface area contributed by atoms with Crippen molar-refractivity contribution in [3.05, 3.63) is 60.2 Å². The highest BCUT2D eigenvalue weighted by Gasteiger charge is 2.09. The Kier molecular flexibility index (Phi) is 3.79. The average molecular weight is 337 g/mol. The predicted octanol–water partition coefficient (Wildman–Crippen LogP) is 4.47. The highest BCUT2D eigenvalue weighted by Crippen LogP contribution is 2.31. The first-order valence-electron chi connectivity index (χ1n) is 6.90. The van der Waals surface area contributed by atoms with Crippen LogP contribution in [0.2, 0.25) is 0 Å². The van der Waals surface area contributed by atoms with E-state index in [0.717, 1.165) is 21.1 Å². The van der Waals surface area contributed by atoms with Gasteiger partial charge in [-0.1, -0.05) is 47.7 Å². The molecule has 0 aliphatic rings. The molecule has 3 heterocycles. The Hall–Kier alpha value is -2.64. The molecule has 0 aliphatic carbocycles. The topological polar surface area (TPSA) is 63.6 Å². The quantitative estimate of drug-likeness (QED) is 0.595. The Morgan fingerprint density at radius 3 is 2.65 bits per heavy atom. The molecular formula is C16H11N5S2. The molecule has 4 rings (SSSR count). The molecule has 23 heavy (non-hydrogen) atoms. The molecule has 1 N–H and O–H groups in total. The van der Waals surface area contributed by atoms with Gasteiger partial charge in [0.1, 0.15) is 12.1 Å². The molecule has 4 aromatic rings. The molecule has 0 bridgehead atoms. The second-order valence-corrected chi connectivity index (χ2v) is 6.59. The summed E-state index contributed by atoms with van der Waals surface area (Å²) >= 11 is 3.15. The van der Waals surface area contributed by atoms with Crippen LogP contribution in [0.25, 0.3) is 21.1 Å². The number of aromatic nitrogens is 4. The van der Waals surface area contributed by atoms with Crippen LogP contribution < -0.4 is 5.32 Å². The van der Waals surface area contributed by atoms with E-state index in [1.54, 1.807) is 17.7 Å². The Morgan fingerprint density at radius 1 is 0.913 bits per heavy atom. The summed E-state index contributed by atoms with van der Waals surface area (Å²) in [7, 11) is 0. The molecule has 0 fully saturated rings. The van der Waals surface area contributed by atoms with Crippen molar-refractivity contribution < 1.29 is 0 Å². The van der Waals surface area contributed by atoms with Crippen LogP contribution in [0.3, 0.4) is 0 Å². The van der Waals surface area contributed by atoms with Gasteiger partial charge in [-0.05, 0) is 11.4 Å². The van der Waals surface area contributed by atoms with Gasteiger partial charge in [-0.25, -0.2) is 9.97 Å². The fraction of sp³-hybridized carbons (Fsp3) is 0. The van der Waals surface area contributed by atoms with Gasteiger partial charge in [-0.15, -0.1) is 21.5 Å². The van der Waals surface area contributed by atoms with Gasteiger partial charge < -0.3 is 5.32 Å². The van der Waals surface area contributed by atoms with E-state index in [2.05, 4.69) is 25.5 Å². The van der Waals surface area contributed by atoms with Crippen molar-refractivity contribution in [3.8, 4) is 21.1 Å². The molecule has 0 saturated carbocycles. The Labute approximate surface area is 140 Å². The van der Waals surface area contributed by atoms with Gasteiger partial charge in [0.15, 0.2) is 5.01 Å². The molecule has 0 spiro atoms. The van der Waals surface area contributed by atoms with E-state index in [1.165, 1.54) is 11.3 Å². The molecule has 0 aliphatic heterocycles. The molecule has 0 saturated heterocycles. The number of nitrogens with zero attached hydrogens (tertiary/aromatic N) is 4. The minimum Gasteiger partial charge on any atom is -0.315 e. The summed E-state index contributed by atoms with van der Waals surface area (Å²) in [4.78, 5) is 9.68. The molecule has 0 unspecified atom stereocenters. The highest BCUT2D eigenvalue weighted by molar-refractivity contribution is 7.22. The molecule has 5 nitrogen and oxygen atoms in total. The lowest BCUT2D eigenvalue weighted by Gasteiger charge is -2.03. The van der Waals surface area contributed by atoms with Crippen LogP contribution in [0.1, 0.15) is 0 Å². The Bertz CT molecular complexity index is 903. The van der Waals surface area contributed by atoms with Gasteiger partial charge in [0.25, 0.3) is 0 Å². The third-order valence-electron chi connectivity index (χ3n) is 3.13. The largest absolute Gasteiger partial charge is 0.315 e. The number of benzene rings is 1. The van der Waals surface area contributed by atoms with Gasteiger partial charge >= 0.3 is 0 Å². The minimum atomic E-state index is 0.702. The van der Waals surface area contributed by atoms with Crippen LogP contribution in [0.5, 0.6) is 0 Å². The van der Waals surface area contributed by atoms with E-state index in [0.29, 0.717) is 10.9 Å². The molecule has 0 amide bonds. The predicted molar refractivity (Wildman–Crippen MR) is 94.0 cm³/mol. The van der Waals surface area contributed by atoms with Crippen molar-refractivity contribution in [2.24, 2.45) is 0 Å². The summed E-state index contributed by atoms with van der Waals surface area (Å²) < 4.78 is 0. The second kappa shape index (κ2) is 6.23. The molecule has 3 aromatic heterocycles. The fourth-order valence-corrected chi connectivity index (χ4v) is 3.62. The molecular weight excluding hydrogens is 326 g/mol. The number of hydrogen-bond acceptors (Lipinski definition) is 7. The summed E-state index contributed by atoms with van der Waals surface area (Å²) in [5.41, 5.74) is 1.92. The SMILES string of the molecule is c1ccc(-c2cc(Nc3nnc(-c4cccs4)s3)ncn2)cc1. The maximum Gasteiger partial charge on any atom is 0.211 e. The van der Waals surface area contributed by atoms with E-state index < -0.39 is 0 Å². The number of anilines is 2. The van der Waals surface area contributed by atoms with Crippen molar-refractivity contribution in [2.45, 2.75) is 0 Å². The van der Waals surface area contributed by atoms with Gasteiger partial charge in [-0.3, -0.25) is 0 Å². The standard InChI is InChI=1S/C16H11N5S2/c1-2-5-11(6-3-1)12-9-14(18-10-17-12)19-16-21-20-15(23-16)13-7-4-8-22-13/h1-10H,(H,17,18,19,21). The zero-order valence-corrected chi connectivity index (χ0v) is 13.5. The first-order chi connectivity index (χ1) is 11.4. The third-order valence-corrected chi connectivity index (χ3v) is 5.01. The summed E-state index contributed by atoms with van der Waals surface area (Å²) in [6.07, 6.45) is 1.55. The molecule has 7 heteroatoms. The van der Waals surface area contributed by atoms with E-state index in [9.17, 15) is 0 Å². The van der Waals surface area contributed by atoms with Gasteiger partial charge in [0, 0.05) is 11.6 Å². The second-order valence-electron chi connectivity index (χ2n) is 4.67. The van der Waals surface area contributed by atoms with Crippen LogP contribution in [-0.2, 0) is 0 Å². The van der Waals surface area contributed by atoms with Crippen LogP contribution in [0.15, 0.2) is 60.2 Å². The summed E-state index contributed by atoms with van der Waals surface area (Å²) in [5, 5.41) is 15.2. The highest BCUT2D eigenvalue weighted by atomic mass is 32.1. The van der Waals surface area contributed by atoms with E-state index in [1.807, 2.05) is 53.9 Å². The van der Waals surface area contributed by atoms with Crippen molar-refractivity contribution in [1.29, 1.82) is 0 Å². The Balaban J connectivity index is 1.58. The average Bonchev–Trinajstić information content (AvgIpc) is 3.27. The van der Waals surface area contributed by atoms with Gasteiger partial charge in [-0.2, -0.15) is 0 Å². The number of hydrogen-bond donors (Lipinski definition) is 1.